The molecule has 0 saturated heterocycles. The van der Waals surface area contributed by atoms with Crippen molar-refractivity contribution in [2.24, 2.45) is 0 Å². The van der Waals surface area contributed by atoms with Crippen molar-refractivity contribution >= 4 is 22.6 Å². The molecule has 0 spiro atoms. The van der Waals surface area contributed by atoms with E-state index in [1.807, 2.05) is 4.98 Å². The number of halogens is 1. The van der Waals surface area contributed by atoms with Crippen LogP contribution in [-0.4, -0.2) is 9.66 Å². The maximum Gasteiger partial charge on any atom is 0.346 e. The predicted octanol–water partition coefficient (Wildman–Crippen LogP) is -1.15. The highest BCUT2D eigenvalue weighted by molar-refractivity contribution is 14.1. The number of nitrogens with zero attached hydrogens (tertiary/aromatic N) is 1. The van der Waals surface area contributed by atoms with Crippen LogP contribution in [0, 0.1) is 3.57 Å². The molecule has 5 nitrogen and oxygen atoms in total. The van der Waals surface area contributed by atoms with Crippen LogP contribution >= 0.6 is 22.6 Å². The van der Waals surface area contributed by atoms with Crippen molar-refractivity contribution in [3.8, 4) is 0 Å². The Morgan fingerprint density at radius 2 is 2.20 bits per heavy atom. The van der Waals surface area contributed by atoms with Crippen LogP contribution in [0.25, 0.3) is 0 Å². The number of hydrogen-bond acceptors (Lipinski definition) is 3. The minimum atomic E-state index is -0.606. The van der Waals surface area contributed by atoms with E-state index < -0.39 is 11.2 Å². The fourth-order valence-corrected chi connectivity index (χ4v) is 0.896. The molecular formula is C4H4IN3O2. The molecule has 3 N–H and O–H groups in total. The van der Waals surface area contributed by atoms with Gasteiger partial charge in [0.15, 0.2) is 0 Å². The molecular weight excluding hydrogens is 249 g/mol. The van der Waals surface area contributed by atoms with Crippen molar-refractivity contribution < 1.29 is 0 Å². The second-order valence-corrected chi connectivity index (χ2v) is 2.81. The van der Waals surface area contributed by atoms with Crippen molar-refractivity contribution in [3.63, 3.8) is 0 Å². The zero-order valence-electron chi connectivity index (χ0n) is 4.80. The van der Waals surface area contributed by atoms with Gasteiger partial charge in [-0.3, -0.25) is 9.78 Å². The average molecular weight is 253 g/mol. The van der Waals surface area contributed by atoms with Crippen LogP contribution in [0.3, 0.4) is 0 Å². The van der Waals surface area contributed by atoms with Crippen molar-refractivity contribution in [1.29, 1.82) is 0 Å². The fraction of sp³-hybridized carbons (Fsp3) is 0. The lowest BCUT2D eigenvalue weighted by Crippen LogP contribution is -2.35. The summed E-state index contributed by atoms with van der Waals surface area (Å²) in [6, 6.07) is 0. The first-order valence-corrected chi connectivity index (χ1v) is 3.45. The van der Waals surface area contributed by atoms with E-state index >= 15 is 0 Å². The third-order valence-electron chi connectivity index (χ3n) is 0.924. The molecule has 0 radical (unpaired) electrons. The summed E-state index contributed by atoms with van der Waals surface area (Å²) in [5.41, 5.74) is -1.02. The Balaban J connectivity index is 3.59. The Morgan fingerprint density at radius 1 is 1.60 bits per heavy atom. The quantitative estimate of drug-likeness (QED) is 0.452. The number of rotatable bonds is 0. The highest BCUT2D eigenvalue weighted by Gasteiger charge is 1.96. The van der Waals surface area contributed by atoms with Gasteiger partial charge in [0.05, 0.1) is 9.77 Å². The van der Waals surface area contributed by atoms with E-state index in [1.54, 1.807) is 22.6 Å². The van der Waals surface area contributed by atoms with Crippen LogP contribution in [0.2, 0.25) is 0 Å². The predicted molar refractivity (Wildman–Crippen MR) is 44.2 cm³/mol. The molecule has 0 atom stereocenters. The lowest BCUT2D eigenvalue weighted by atomic mass is 10.7. The molecule has 0 aliphatic carbocycles. The first-order valence-electron chi connectivity index (χ1n) is 2.38. The summed E-state index contributed by atoms with van der Waals surface area (Å²) in [5, 5.41) is 0. The Labute approximate surface area is 69.0 Å². The van der Waals surface area contributed by atoms with Crippen LogP contribution in [0.4, 0.5) is 0 Å². The normalized spacial score (nSPS) is 9.70. The second-order valence-electron chi connectivity index (χ2n) is 1.64. The minimum absolute atomic E-state index is 0.389. The maximum atomic E-state index is 10.7. The van der Waals surface area contributed by atoms with Crippen molar-refractivity contribution in [3.05, 3.63) is 30.6 Å². The number of aromatic nitrogens is 2. The average Bonchev–Trinajstić information content (AvgIpc) is 1.84. The van der Waals surface area contributed by atoms with Gasteiger partial charge in [0.1, 0.15) is 0 Å². The zero-order chi connectivity index (χ0) is 7.72. The van der Waals surface area contributed by atoms with Crippen LogP contribution in [0.15, 0.2) is 15.8 Å². The minimum Gasteiger partial charge on any atom is -0.335 e. The van der Waals surface area contributed by atoms with Crippen LogP contribution < -0.4 is 17.1 Å². The number of aromatic amines is 1. The Bertz CT molecular complexity index is 321. The molecule has 0 unspecified atom stereocenters. The molecule has 10 heavy (non-hydrogen) atoms. The Morgan fingerprint density at radius 3 is 2.70 bits per heavy atom. The van der Waals surface area contributed by atoms with E-state index in [2.05, 4.69) is 0 Å². The molecule has 54 valence electrons. The summed E-state index contributed by atoms with van der Waals surface area (Å²) in [7, 11) is 0. The van der Waals surface area contributed by atoms with Crippen molar-refractivity contribution in [2.45, 2.75) is 0 Å². The summed E-state index contributed by atoms with van der Waals surface area (Å²) in [6.45, 7) is 0. The molecule has 1 heterocycles. The summed E-state index contributed by atoms with van der Waals surface area (Å²) in [6.07, 6.45) is 1.27. The fourth-order valence-electron chi connectivity index (χ4n) is 0.461. The molecule has 0 aliphatic rings. The summed E-state index contributed by atoms with van der Waals surface area (Å²) < 4.78 is 1.21. The van der Waals surface area contributed by atoms with Gasteiger partial charge in [-0.1, -0.05) is 0 Å². The lowest BCUT2D eigenvalue weighted by molar-refractivity contribution is 0.847. The molecule has 0 aromatic carbocycles. The van der Waals surface area contributed by atoms with Gasteiger partial charge in [0, 0.05) is 0 Å². The van der Waals surface area contributed by atoms with E-state index in [0.717, 1.165) is 4.68 Å². The molecule has 0 bridgehead atoms. The van der Waals surface area contributed by atoms with Gasteiger partial charge in [-0.25, -0.2) is 9.47 Å². The van der Waals surface area contributed by atoms with Crippen molar-refractivity contribution in [2.75, 3.05) is 5.84 Å². The molecule has 1 aromatic rings. The standard InChI is InChI=1S/C4H4IN3O2/c5-2-1-8(6)4(10)7-3(2)9/h1H,6H2,(H,7,9,10). The van der Waals surface area contributed by atoms with E-state index in [0.29, 0.717) is 3.57 Å². The van der Waals surface area contributed by atoms with Gasteiger partial charge in [0.2, 0.25) is 0 Å². The van der Waals surface area contributed by atoms with E-state index in [9.17, 15) is 9.59 Å². The van der Waals surface area contributed by atoms with E-state index in [-0.39, 0.29) is 0 Å². The van der Waals surface area contributed by atoms with E-state index in [1.165, 1.54) is 6.20 Å². The van der Waals surface area contributed by atoms with Gasteiger partial charge in [-0.05, 0) is 22.6 Å². The highest BCUT2D eigenvalue weighted by atomic mass is 127. The zero-order valence-corrected chi connectivity index (χ0v) is 6.95. The first kappa shape index (κ1) is 7.32. The monoisotopic (exact) mass is 253 g/mol. The van der Waals surface area contributed by atoms with Crippen LogP contribution in [0.5, 0.6) is 0 Å². The number of H-pyrrole nitrogens is 1. The number of nitrogen functional groups attached to an aromatic ring is 1. The van der Waals surface area contributed by atoms with Crippen LogP contribution in [0.1, 0.15) is 0 Å². The molecule has 1 aromatic heterocycles. The third kappa shape index (κ3) is 1.20. The van der Waals surface area contributed by atoms with Crippen molar-refractivity contribution in [1.82, 2.24) is 9.66 Å². The van der Waals surface area contributed by atoms with Gasteiger partial charge in [-0.15, -0.1) is 0 Å². The summed E-state index contributed by atoms with van der Waals surface area (Å²) in [4.78, 5) is 23.3. The van der Waals surface area contributed by atoms with Gasteiger partial charge in [-0.2, -0.15) is 0 Å². The van der Waals surface area contributed by atoms with E-state index in [4.69, 9.17) is 5.84 Å². The third-order valence-corrected chi connectivity index (χ3v) is 1.69. The largest absolute Gasteiger partial charge is 0.346 e. The van der Waals surface area contributed by atoms with Gasteiger partial charge < -0.3 is 5.84 Å². The maximum absolute atomic E-state index is 10.7. The second kappa shape index (κ2) is 2.45. The first-order chi connectivity index (χ1) is 4.61. The molecule has 0 fully saturated rings. The Hall–Kier alpha value is -0.790. The number of nitrogens with one attached hydrogen (secondary N) is 1. The molecule has 1 rings (SSSR count). The molecule has 0 aliphatic heterocycles. The summed E-state index contributed by atoms with van der Waals surface area (Å²) in [5.74, 6) is 5.12. The molecule has 0 amide bonds. The topological polar surface area (TPSA) is 80.9 Å². The lowest BCUT2D eigenvalue weighted by Gasteiger charge is -1.93. The molecule has 6 heteroatoms. The number of hydrogen-bond donors (Lipinski definition) is 2. The van der Waals surface area contributed by atoms with Gasteiger partial charge >= 0.3 is 5.69 Å². The molecule has 0 saturated carbocycles. The Kier molecular flexibility index (Phi) is 1.79. The highest BCUT2D eigenvalue weighted by Crippen LogP contribution is 1.88. The van der Waals surface area contributed by atoms with Crippen LogP contribution in [-0.2, 0) is 0 Å². The SMILES string of the molecule is Nn1cc(I)c(=O)[nH]c1=O. The number of nitrogens with two attached hydrogens (primary N) is 1. The smallest absolute Gasteiger partial charge is 0.335 e. The van der Waals surface area contributed by atoms with Gasteiger partial charge in [0.25, 0.3) is 5.56 Å². The summed E-state index contributed by atoms with van der Waals surface area (Å²) >= 11 is 1.78.